The van der Waals surface area contributed by atoms with Crippen LogP contribution in [0.15, 0.2) is 11.6 Å². The number of carbonyl (C=O) groups is 2. The second-order valence-corrected chi connectivity index (χ2v) is 12.9. The Morgan fingerprint density at radius 3 is 2.43 bits per heavy atom. The fraction of sp³-hybridized carbons (Fsp3) is 0.857. The van der Waals surface area contributed by atoms with Crippen LogP contribution < -0.4 is 0 Å². The fourth-order valence-electron chi connectivity index (χ4n) is 9.55. The number of aldehydes is 1. The van der Waals surface area contributed by atoms with Crippen LogP contribution in [-0.4, -0.2) is 81.2 Å². The van der Waals surface area contributed by atoms with Crippen molar-refractivity contribution in [2.45, 2.75) is 114 Å². The number of aliphatic hydroxyl groups is 4. The van der Waals surface area contributed by atoms with E-state index in [0.29, 0.717) is 38.5 Å². The van der Waals surface area contributed by atoms with Crippen molar-refractivity contribution in [3.05, 3.63) is 11.6 Å². The lowest BCUT2D eigenvalue weighted by Gasteiger charge is -2.65. The van der Waals surface area contributed by atoms with E-state index in [4.69, 9.17) is 14.2 Å². The summed E-state index contributed by atoms with van der Waals surface area (Å²) in [7, 11) is 0. The van der Waals surface area contributed by atoms with Gasteiger partial charge in [-0.2, -0.15) is 0 Å². The molecule has 6 aliphatic rings. The van der Waals surface area contributed by atoms with E-state index < -0.39 is 52.7 Å². The third kappa shape index (κ3) is 3.44. The van der Waals surface area contributed by atoms with E-state index >= 15 is 0 Å². The van der Waals surface area contributed by atoms with Crippen LogP contribution >= 0.6 is 0 Å². The SMILES string of the molecule is C[C@H]1O[C@@H](O[C@H]2CC[C@]3(C=O)[C@H]4CC[C@]5(C)[C@@H](C6=CC(=O)OC6)CC[C@]5(O)[C@H]4CC[C@]3(O)C2)[C@H](O)[C@@H]1O. The maximum atomic E-state index is 12.9. The Morgan fingerprint density at radius 2 is 1.78 bits per heavy atom. The van der Waals surface area contributed by atoms with Gasteiger partial charge in [-0.1, -0.05) is 6.92 Å². The first-order valence-electron chi connectivity index (χ1n) is 13.9. The van der Waals surface area contributed by atoms with Gasteiger partial charge < -0.3 is 39.4 Å². The summed E-state index contributed by atoms with van der Waals surface area (Å²) in [4.78, 5) is 24.7. The van der Waals surface area contributed by atoms with Crippen molar-refractivity contribution in [2.24, 2.45) is 28.6 Å². The van der Waals surface area contributed by atoms with Crippen molar-refractivity contribution in [1.82, 2.24) is 0 Å². The standard InChI is InChI=1S/C28H40O9/c1-15-22(31)23(32)24(36-15)37-17-3-8-26(14-29)19-4-7-25(2)18(16-11-21(30)35-13-16)6-10-28(25,34)20(19)5-9-27(26,33)12-17/h11,14-15,17-20,22-24,31-34H,3-10,12-13H2,1-2H3/t15-,17+,18-,19+,20+,22-,23-,24+,25-,26+,27+,28+/m1/s1. The number of aliphatic hydroxyl groups excluding tert-OH is 2. The van der Waals surface area contributed by atoms with Crippen molar-refractivity contribution >= 4 is 12.3 Å². The molecule has 0 radical (unpaired) electrons. The lowest BCUT2D eigenvalue weighted by molar-refractivity contribution is -0.265. The molecule has 2 aliphatic heterocycles. The number of cyclic esters (lactones) is 1. The third-order valence-electron chi connectivity index (χ3n) is 11.6. The molecule has 37 heavy (non-hydrogen) atoms. The van der Waals surface area contributed by atoms with E-state index in [1.807, 2.05) is 0 Å². The number of hydrogen-bond donors (Lipinski definition) is 4. The van der Waals surface area contributed by atoms with Crippen LogP contribution in [0.5, 0.6) is 0 Å². The molecule has 0 unspecified atom stereocenters. The molecule has 9 nitrogen and oxygen atoms in total. The Labute approximate surface area is 217 Å². The van der Waals surface area contributed by atoms with E-state index in [1.54, 1.807) is 13.0 Å². The van der Waals surface area contributed by atoms with Gasteiger partial charge in [0.1, 0.15) is 25.1 Å². The predicted molar refractivity (Wildman–Crippen MR) is 129 cm³/mol. The lowest BCUT2D eigenvalue weighted by Crippen LogP contribution is -2.69. The van der Waals surface area contributed by atoms with Crippen molar-refractivity contribution in [3.63, 3.8) is 0 Å². The highest BCUT2D eigenvalue weighted by Crippen LogP contribution is 2.70. The molecule has 0 aromatic carbocycles. The van der Waals surface area contributed by atoms with Crippen LogP contribution in [0.1, 0.15) is 71.6 Å². The first-order valence-corrected chi connectivity index (χ1v) is 13.9. The van der Waals surface area contributed by atoms with Crippen LogP contribution in [0.3, 0.4) is 0 Å². The van der Waals surface area contributed by atoms with Gasteiger partial charge in [0.25, 0.3) is 0 Å². The maximum absolute atomic E-state index is 12.9. The van der Waals surface area contributed by atoms with Gasteiger partial charge in [0, 0.05) is 17.9 Å². The quantitative estimate of drug-likeness (QED) is 0.319. The molecule has 12 atom stereocenters. The van der Waals surface area contributed by atoms with Crippen LogP contribution in [0.4, 0.5) is 0 Å². The molecular weight excluding hydrogens is 480 g/mol. The topological polar surface area (TPSA) is 143 Å². The Morgan fingerprint density at radius 1 is 1.03 bits per heavy atom. The lowest BCUT2D eigenvalue weighted by atomic mass is 9.41. The zero-order valence-corrected chi connectivity index (χ0v) is 21.7. The van der Waals surface area contributed by atoms with Crippen molar-refractivity contribution < 1.29 is 44.2 Å². The van der Waals surface area contributed by atoms with E-state index in [9.17, 15) is 30.0 Å². The second kappa shape index (κ2) is 8.57. The number of ether oxygens (including phenoxy) is 3. The number of hydrogen-bond acceptors (Lipinski definition) is 9. The van der Waals surface area contributed by atoms with Gasteiger partial charge in [-0.15, -0.1) is 0 Å². The maximum Gasteiger partial charge on any atom is 0.331 e. The third-order valence-corrected chi connectivity index (χ3v) is 11.6. The highest BCUT2D eigenvalue weighted by molar-refractivity contribution is 5.85. The Bertz CT molecular complexity index is 998. The van der Waals surface area contributed by atoms with E-state index in [-0.39, 0.29) is 36.8 Å². The molecule has 1 saturated heterocycles. The van der Waals surface area contributed by atoms with E-state index in [0.717, 1.165) is 24.7 Å². The summed E-state index contributed by atoms with van der Waals surface area (Å²) in [6.45, 7) is 4.09. The van der Waals surface area contributed by atoms with E-state index in [1.165, 1.54) is 0 Å². The molecule has 0 aromatic heterocycles. The van der Waals surface area contributed by atoms with Crippen molar-refractivity contribution in [1.29, 1.82) is 0 Å². The second-order valence-electron chi connectivity index (χ2n) is 12.9. The fourth-order valence-corrected chi connectivity index (χ4v) is 9.55. The first kappa shape index (κ1) is 25.9. The number of esters is 1. The normalized spacial score (nSPS) is 55.2. The number of rotatable bonds is 4. The summed E-state index contributed by atoms with van der Waals surface area (Å²) in [6, 6.07) is 0. The van der Waals surface area contributed by atoms with Crippen LogP contribution in [0, 0.1) is 28.6 Å². The zero-order valence-electron chi connectivity index (χ0n) is 21.7. The molecule has 9 heteroatoms. The van der Waals surface area contributed by atoms with Gasteiger partial charge in [-0.05, 0) is 81.6 Å². The summed E-state index contributed by atoms with van der Waals surface area (Å²) < 4.78 is 16.8. The molecule has 4 aliphatic carbocycles. The summed E-state index contributed by atoms with van der Waals surface area (Å²) >= 11 is 0. The first-order chi connectivity index (χ1) is 17.5. The van der Waals surface area contributed by atoms with Gasteiger partial charge in [-0.3, -0.25) is 0 Å². The molecule has 6 rings (SSSR count). The highest BCUT2D eigenvalue weighted by Gasteiger charge is 2.71. The van der Waals surface area contributed by atoms with Crippen LogP contribution in [-0.2, 0) is 23.8 Å². The molecule has 0 aromatic rings. The van der Waals surface area contributed by atoms with E-state index in [2.05, 4.69) is 6.92 Å². The minimum Gasteiger partial charge on any atom is -0.458 e. The Balaban J connectivity index is 1.24. The van der Waals surface area contributed by atoms with Crippen LogP contribution in [0.25, 0.3) is 0 Å². The minimum absolute atomic E-state index is 0.0672. The summed E-state index contributed by atoms with van der Waals surface area (Å²) in [5.74, 6) is -0.512. The number of carbonyl (C=O) groups excluding carboxylic acids is 2. The molecule has 4 N–H and O–H groups in total. The average Bonchev–Trinajstić information content (AvgIpc) is 3.48. The Kier molecular flexibility index (Phi) is 6.00. The largest absolute Gasteiger partial charge is 0.458 e. The van der Waals surface area contributed by atoms with Gasteiger partial charge in [0.05, 0.1) is 28.8 Å². The predicted octanol–water partition coefficient (Wildman–Crippen LogP) is 1.39. The number of fused-ring (bicyclic) bond motifs is 5. The highest BCUT2D eigenvalue weighted by atomic mass is 16.7. The summed E-state index contributed by atoms with van der Waals surface area (Å²) in [6.07, 6.45) is 3.45. The molecule has 4 saturated carbocycles. The molecule has 0 amide bonds. The average molecular weight is 521 g/mol. The smallest absolute Gasteiger partial charge is 0.331 e. The zero-order chi connectivity index (χ0) is 26.4. The molecule has 206 valence electrons. The van der Waals surface area contributed by atoms with Crippen molar-refractivity contribution in [2.75, 3.05) is 6.61 Å². The molecule has 0 spiro atoms. The molecule has 0 bridgehead atoms. The minimum atomic E-state index is -1.27. The van der Waals surface area contributed by atoms with Gasteiger partial charge >= 0.3 is 5.97 Å². The molecule has 2 heterocycles. The summed E-state index contributed by atoms with van der Waals surface area (Å²) in [5.41, 5.74) is -2.68. The monoisotopic (exact) mass is 520 g/mol. The molecule has 5 fully saturated rings. The van der Waals surface area contributed by atoms with Gasteiger partial charge in [0.2, 0.25) is 0 Å². The van der Waals surface area contributed by atoms with Gasteiger partial charge in [-0.25, -0.2) is 4.79 Å². The molecular formula is C28H40O9. The van der Waals surface area contributed by atoms with Crippen LogP contribution in [0.2, 0.25) is 0 Å². The summed E-state index contributed by atoms with van der Waals surface area (Å²) in [5, 5.41) is 44.7. The Hall–Kier alpha value is -1.36. The van der Waals surface area contributed by atoms with Gasteiger partial charge in [0.15, 0.2) is 6.29 Å². The van der Waals surface area contributed by atoms with Crippen molar-refractivity contribution in [3.8, 4) is 0 Å².